The molecule has 0 radical (unpaired) electrons. The molecule has 11 heavy (non-hydrogen) atoms. The third kappa shape index (κ3) is 2.38. The predicted octanol–water partition coefficient (Wildman–Crippen LogP) is 2.98. The second kappa shape index (κ2) is 3.98. The van der Waals surface area contributed by atoms with Crippen molar-refractivity contribution in [2.75, 3.05) is 5.33 Å². The van der Waals surface area contributed by atoms with Crippen LogP contribution in [0.4, 0.5) is 0 Å². The van der Waals surface area contributed by atoms with Gasteiger partial charge in [0.1, 0.15) is 5.75 Å². The molecule has 0 aliphatic rings. The Morgan fingerprint density at radius 2 is 2.18 bits per heavy atom. The van der Waals surface area contributed by atoms with Crippen LogP contribution >= 0.6 is 27.5 Å². The van der Waals surface area contributed by atoms with E-state index in [0.29, 0.717) is 5.02 Å². The van der Waals surface area contributed by atoms with E-state index >= 15 is 0 Å². The molecule has 1 rings (SSSR count). The highest BCUT2D eigenvalue weighted by Crippen LogP contribution is 2.21. The maximum Gasteiger partial charge on any atom is 0.117 e. The van der Waals surface area contributed by atoms with Gasteiger partial charge in [0.05, 0.1) is 0 Å². The molecule has 0 saturated heterocycles. The minimum absolute atomic E-state index is 0.216. The van der Waals surface area contributed by atoms with Gasteiger partial charge in [0.25, 0.3) is 0 Å². The first kappa shape index (κ1) is 8.88. The fourth-order valence-electron chi connectivity index (χ4n) is 0.841. The lowest BCUT2D eigenvalue weighted by atomic mass is 10.2. The molecule has 0 heterocycles. The first-order valence-corrected chi connectivity index (χ1v) is 4.77. The van der Waals surface area contributed by atoms with Crippen LogP contribution in [0.5, 0.6) is 5.75 Å². The van der Waals surface area contributed by atoms with Crippen molar-refractivity contribution in [2.24, 2.45) is 0 Å². The zero-order valence-corrected chi connectivity index (χ0v) is 8.19. The Labute approximate surface area is 79.1 Å². The van der Waals surface area contributed by atoms with Crippen LogP contribution in [0.2, 0.25) is 5.02 Å². The van der Waals surface area contributed by atoms with Gasteiger partial charge in [-0.2, -0.15) is 0 Å². The van der Waals surface area contributed by atoms with E-state index in [-0.39, 0.29) is 5.75 Å². The van der Waals surface area contributed by atoms with Crippen LogP contribution in [-0.4, -0.2) is 10.4 Å². The van der Waals surface area contributed by atoms with E-state index in [4.69, 9.17) is 16.7 Å². The van der Waals surface area contributed by atoms with E-state index in [2.05, 4.69) is 15.9 Å². The normalized spacial score (nSPS) is 10.0. The highest BCUT2D eigenvalue weighted by Gasteiger charge is 1.99. The van der Waals surface area contributed by atoms with E-state index in [0.717, 1.165) is 17.3 Å². The monoisotopic (exact) mass is 234 g/mol. The van der Waals surface area contributed by atoms with Gasteiger partial charge in [-0.15, -0.1) is 0 Å². The third-order valence-electron chi connectivity index (χ3n) is 1.40. The van der Waals surface area contributed by atoms with Crippen LogP contribution in [0.1, 0.15) is 5.56 Å². The lowest BCUT2D eigenvalue weighted by molar-refractivity contribution is 0.475. The maximum absolute atomic E-state index is 9.01. The van der Waals surface area contributed by atoms with Crippen molar-refractivity contribution < 1.29 is 5.11 Å². The molecule has 3 heteroatoms. The quantitative estimate of drug-likeness (QED) is 0.782. The molecule has 0 aliphatic heterocycles. The molecule has 1 aromatic carbocycles. The summed E-state index contributed by atoms with van der Waals surface area (Å²) in [4.78, 5) is 0. The summed E-state index contributed by atoms with van der Waals surface area (Å²) in [6.07, 6.45) is 0.888. The summed E-state index contributed by atoms with van der Waals surface area (Å²) in [5, 5.41) is 10.5. The molecule has 0 unspecified atom stereocenters. The highest BCUT2D eigenvalue weighted by molar-refractivity contribution is 9.09. The molecule has 1 nitrogen and oxygen atoms in total. The average molecular weight is 236 g/mol. The lowest BCUT2D eigenvalue weighted by Crippen LogP contribution is -1.85. The number of rotatable bonds is 2. The van der Waals surface area contributed by atoms with Gasteiger partial charge in [0.15, 0.2) is 0 Å². The van der Waals surface area contributed by atoms with Crippen LogP contribution in [0.15, 0.2) is 18.2 Å². The Bertz CT molecular complexity index is 250. The predicted molar refractivity (Wildman–Crippen MR) is 50.6 cm³/mol. The van der Waals surface area contributed by atoms with Crippen LogP contribution in [0.3, 0.4) is 0 Å². The maximum atomic E-state index is 9.01. The molecule has 60 valence electrons. The summed E-state index contributed by atoms with van der Waals surface area (Å²) in [5.74, 6) is 0.216. The standard InChI is InChI=1S/C8H8BrClO/c9-4-3-6-1-2-7(11)5-8(6)10/h1-2,5,11H,3-4H2. The van der Waals surface area contributed by atoms with Crippen molar-refractivity contribution in [3.8, 4) is 5.75 Å². The molecule has 0 aliphatic carbocycles. The molecule has 0 atom stereocenters. The molecular weight excluding hydrogens is 227 g/mol. The van der Waals surface area contributed by atoms with Crippen LogP contribution in [0.25, 0.3) is 0 Å². The number of phenols is 1. The Morgan fingerprint density at radius 3 is 2.73 bits per heavy atom. The Kier molecular flexibility index (Phi) is 3.21. The molecule has 1 N–H and O–H groups in total. The zero-order valence-electron chi connectivity index (χ0n) is 5.85. The smallest absolute Gasteiger partial charge is 0.117 e. The summed E-state index contributed by atoms with van der Waals surface area (Å²) in [5.41, 5.74) is 1.06. The van der Waals surface area contributed by atoms with E-state index in [1.165, 1.54) is 0 Å². The van der Waals surface area contributed by atoms with Crippen molar-refractivity contribution in [2.45, 2.75) is 6.42 Å². The molecule has 0 aromatic heterocycles. The number of hydrogen-bond acceptors (Lipinski definition) is 1. The van der Waals surface area contributed by atoms with Gasteiger partial charge in [-0.05, 0) is 24.1 Å². The second-order valence-corrected chi connectivity index (χ2v) is 3.41. The van der Waals surface area contributed by atoms with Gasteiger partial charge in [-0.3, -0.25) is 0 Å². The third-order valence-corrected chi connectivity index (χ3v) is 2.15. The van der Waals surface area contributed by atoms with Crippen molar-refractivity contribution in [3.05, 3.63) is 28.8 Å². The molecule has 1 aromatic rings. The Hall–Kier alpha value is -0.210. The molecule has 0 spiro atoms. The minimum Gasteiger partial charge on any atom is -0.508 e. The van der Waals surface area contributed by atoms with Crippen molar-refractivity contribution in [1.82, 2.24) is 0 Å². The zero-order chi connectivity index (χ0) is 8.27. The number of aryl methyl sites for hydroxylation is 1. The van der Waals surface area contributed by atoms with E-state index in [1.807, 2.05) is 6.07 Å². The molecule has 0 fully saturated rings. The Balaban J connectivity index is 2.90. The van der Waals surface area contributed by atoms with Crippen LogP contribution < -0.4 is 0 Å². The first-order chi connectivity index (χ1) is 5.24. The number of benzene rings is 1. The van der Waals surface area contributed by atoms with Crippen molar-refractivity contribution >= 4 is 27.5 Å². The summed E-state index contributed by atoms with van der Waals surface area (Å²) >= 11 is 9.15. The lowest BCUT2D eigenvalue weighted by Gasteiger charge is -2.00. The average Bonchev–Trinajstić information content (AvgIpc) is 1.95. The molecular formula is C8H8BrClO. The summed E-state index contributed by atoms with van der Waals surface area (Å²) in [6.45, 7) is 0. The van der Waals surface area contributed by atoms with E-state index in [1.54, 1.807) is 12.1 Å². The molecule has 0 saturated carbocycles. The van der Waals surface area contributed by atoms with Gasteiger partial charge in [-0.25, -0.2) is 0 Å². The Morgan fingerprint density at radius 1 is 1.45 bits per heavy atom. The fourth-order valence-corrected chi connectivity index (χ4v) is 1.54. The summed E-state index contributed by atoms with van der Waals surface area (Å²) < 4.78 is 0. The highest BCUT2D eigenvalue weighted by atomic mass is 79.9. The first-order valence-electron chi connectivity index (χ1n) is 3.27. The number of hydrogen-bond donors (Lipinski definition) is 1. The van der Waals surface area contributed by atoms with E-state index in [9.17, 15) is 0 Å². The van der Waals surface area contributed by atoms with E-state index < -0.39 is 0 Å². The minimum atomic E-state index is 0.216. The molecule has 0 amide bonds. The molecule has 0 bridgehead atoms. The largest absolute Gasteiger partial charge is 0.508 e. The SMILES string of the molecule is Oc1ccc(CCBr)c(Cl)c1. The van der Waals surface area contributed by atoms with Gasteiger partial charge < -0.3 is 5.11 Å². The number of aromatic hydroxyl groups is 1. The number of alkyl halides is 1. The second-order valence-electron chi connectivity index (χ2n) is 2.21. The van der Waals surface area contributed by atoms with Gasteiger partial charge in [0, 0.05) is 10.4 Å². The number of halogens is 2. The van der Waals surface area contributed by atoms with Crippen molar-refractivity contribution in [3.63, 3.8) is 0 Å². The van der Waals surface area contributed by atoms with Crippen molar-refractivity contribution in [1.29, 1.82) is 0 Å². The van der Waals surface area contributed by atoms with Gasteiger partial charge >= 0.3 is 0 Å². The number of phenolic OH excluding ortho intramolecular Hbond substituents is 1. The summed E-state index contributed by atoms with van der Waals surface area (Å²) in [7, 11) is 0. The fraction of sp³-hybridized carbons (Fsp3) is 0.250. The van der Waals surface area contributed by atoms with Gasteiger partial charge in [-0.1, -0.05) is 33.6 Å². The topological polar surface area (TPSA) is 20.2 Å². The van der Waals surface area contributed by atoms with Gasteiger partial charge in [0.2, 0.25) is 0 Å². The van der Waals surface area contributed by atoms with Crippen LogP contribution in [0, 0.1) is 0 Å². The van der Waals surface area contributed by atoms with Crippen LogP contribution in [-0.2, 0) is 6.42 Å². The summed E-state index contributed by atoms with van der Waals surface area (Å²) in [6, 6.07) is 5.03.